The van der Waals surface area contributed by atoms with Crippen LogP contribution in [0.3, 0.4) is 0 Å². The van der Waals surface area contributed by atoms with Crippen molar-refractivity contribution in [2.75, 3.05) is 9.80 Å². The van der Waals surface area contributed by atoms with E-state index < -0.39 is 0 Å². The van der Waals surface area contributed by atoms with Crippen LogP contribution in [0.15, 0.2) is 224 Å². The summed E-state index contributed by atoms with van der Waals surface area (Å²) in [5.74, 6) is 0. The number of rotatable bonds is 7. The van der Waals surface area contributed by atoms with Gasteiger partial charge in [0.15, 0.2) is 0 Å². The van der Waals surface area contributed by atoms with Crippen molar-refractivity contribution >= 4 is 83.0 Å². The van der Waals surface area contributed by atoms with Crippen LogP contribution in [0.5, 0.6) is 0 Å². The summed E-state index contributed by atoms with van der Waals surface area (Å²) in [6.45, 7) is 4.67. The van der Waals surface area contributed by atoms with Crippen LogP contribution in [0, 0.1) is 0 Å². The van der Waals surface area contributed by atoms with Gasteiger partial charge in [0.25, 0.3) is 0 Å². The zero-order valence-corrected chi connectivity index (χ0v) is 35.4. The molecule has 0 saturated carbocycles. The molecule has 0 N–H and O–H groups in total. The molecule has 3 nitrogen and oxygen atoms in total. The van der Waals surface area contributed by atoms with Gasteiger partial charge in [-0.05, 0) is 135 Å². The summed E-state index contributed by atoms with van der Waals surface area (Å²) in [7, 11) is 0. The minimum absolute atomic E-state index is 0.297. The van der Waals surface area contributed by atoms with E-state index in [0.717, 1.165) is 72.6 Å². The Hall–Kier alpha value is -8.14. The lowest BCUT2D eigenvalue weighted by Crippen LogP contribution is -2.16. The highest BCUT2D eigenvalue weighted by molar-refractivity contribution is 6.29. The molecular formula is C61H43N3. The quantitative estimate of drug-likeness (QED) is 0.159. The van der Waals surface area contributed by atoms with E-state index in [9.17, 15) is 0 Å². The normalized spacial score (nSPS) is 13.8. The smallest absolute Gasteiger partial charge is 0.0641 e. The van der Waals surface area contributed by atoms with Gasteiger partial charge in [-0.2, -0.15) is 0 Å². The highest BCUT2D eigenvalue weighted by Crippen LogP contribution is 2.55. The van der Waals surface area contributed by atoms with Crippen molar-refractivity contribution in [3.05, 3.63) is 235 Å². The second kappa shape index (κ2) is 13.9. The summed E-state index contributed by atoms with van der Waals surface area (Å²) in [6.07, 6.45) is 0. The first kappa shape index (κ1) is 32.6. The fourth-order valence-electron chi connectivity index (χ4n) is 10.7. The van der Waals surface area contributed by atoms with Crippen LogP contribution in [-0.2, 0) is 5.41 Å². The van der Waals surface area contributed by atoms with E-state index in [2.05, 4.69) is 131 Å². The predicted molar refractivity (Wildman–Crippen MR) is 271 cm³/mol. The first-order chi connectivity index (χ1) is 33.1. The summed E-state index contributed by atoms with van der Waals surface area (Å²) in [4.78, 5) is 4.49. The number of aromatic nitrogens is 1. The van der Waals surface area contributed by atoms with Gasteiger partial charge in [-0.15, -0.1) is 0 Å². The van der Waals surface area contributed by atoms with Crippen LogP contribution >= 0.6 is 0 Å². The van der Waals surface area contributed by atoms with Gasteiger partial charge in [-0.1, -0.05) is 147 Å². The van der Waals surface area contributed by atoms with Crippen molar-refractivity contribution in [2.24, 2.45) is 0 Å². The summed E-state index contributed by atoms with van der Waals surface area (Å²) in [5, 5.41) is 7.08. The average Bonchev–Trinajstić information content (AvgIpc) is 3.95. The number of hydrogen-bond donors (Lipinski definition) is 0. The Morgan fingerprint density at radius 3 is 1.69 bits per heavy atom. The van der Waals surface area contributed by atoms with Gasteiger partial charge >= 0.3 is 0 Å². The zero-order chi connectivity index (χ0) is 46.0. The number of para-hydroxylation sites is 4. The third-order valence-corrected chi connectivity index (χ3v) is 13.6. The molecule has 1 aliphatic rings. The summed E-state index contributed by atoms with van der Waals surface area (Å²) >= 11 is 0. The molecule has 302 valence electrons. The SMILES string of the molecule is [2H]c1ccc(N(c2ccc([2H])cc2)c2ccc3c(c2)C(C)(C)c2ccc4cc5c6ccc(N(c7ccc([2H])cc7)c7ccc([2H])cc7)c7c8cc(-c9ccccc9)ccc8n(c5cc4c2-3)c67)cc1. The third kappa shape index (κ3) is 5.34. The molecule has 0 saturated heterocycles. The molecule has 0 atom stereocenters. The molecular weight excluding hydrogens is 775 g/mol. The summed E-state index contributed by atoms with van der Waals surface area (Å²) in [6, 6.07) is 70.8. The van der Waals surface area contributed by atoms with E-state index in [1.807, 2.05) is 97.1 Å². The van der Waals surface area contributed by atoms with Crippen molar-refractivity contribution < 1.29 is 5.48 Å². The van der Waals surface area contributed by atoms with Gasteiger partial charge in [-0.3, -0.25) is 0 Å². The van der Waals surface area contributed by atoms with E-state index in [4.69, 9.17) is 5.48 Å². The van der Waals surface area contributed by atoms with Crippen LogP contribution in [0.4, 0.5) is 34.1 Å². The van der Waals surface area contributed by atoms with Gasteiger partial charge in [-0.25, -0.2) is 0 Å². The third-order valence-electron chi connectivity index (χ3n) is 13.6. The first-order valence-corrected chi connectivity index (χ1v) is 21.9. The minimum atomic E-state index is -0.297. The van der Waals surface area contributed by atoms with Crippen molar-refractivity contribution in [1.29, 1.82) is 0 Å². The number of fused-ring (bicyclic) bond motifs is 11. The van der Waals surface area contributed by atoms with Crippen LogP contribution in [0.25, 0.3) is 71.1 Å². The maximum absolute atomic E-state index is 8.34. The van der Waals surface area contributed by atoms with Crippen molar-refractivity contribution in [3.8, 4) is 22.3 Å². The maximum Gasteiger partial charge on any atom is 0.0641 e. The molecule has 2 aromatic heterocycles. The Bertz CT molecular complexity index is 3860. The topological polar surface area (TPSA) is 10.9 Å². The fourth-order valence-corrected chi connectivity index (χ4v) is 10.7. The van der Waals surface area contributed by atoms with Crippen LogP contribution in [0.1, 0.15) is 30.5 Å². The van der Waals surface area contributed by atoms with Crippen molar-refractivity contribution in [1.82, 2.24) is 4.40 Å². The van der Waals surface area contributed by atoms with Gasteiger partial charge in [0, 0.05) is 55.4 Å². The van der Waals surface area contributed by atoms with Gasteiger partial charge in [0.2, 0.25) is 0 Å². The van der Waals surface area contributed by atoms with Gasteiger partial charge in [0.1, 0.15) is 0 Å². The molecule has 0 fully saturated rings. The first-order valence-electron chi connectivity index (χ1n) is 23.9. The highest BCUT2D eigenvalue weighted by atomic mass is 15.2. The molecule has 0 spiro atoms. The molecule has 2 heterocycles. The second-order valence-electron chi connectivity index (χ2n) is 17.4. The largest absolute Gasteiger partial charge is 0.310 e. The van der Waals surface area contributed by atoms with Gasteiger partial charge < -0.3 is 14.2 Å². The standard InChI is InChI=1S/C61H43N3/c1-61(2)53-33-28-42-37-51-48-32-35-56(63(45-24-14-6-15-25-45)46-26-16-7-17-27-46)59-52-36-41(40-18-8-3-9-19-40)29-34-55(52)64(60(48)59)57(51)39-50(42)58(53)49-31-30-47(38-54(49)61)62(43-20-10-4-11-21-43)44-22-12-5-13-23-44/h3-39H,1-2H3/i4D,5D,6D,7D. The van der Waals surface area contributed by atoms with E-state index in [-0.39, 0.29) is 5.41 Å². The van der Waals surface area contributed by atoms with Crippen LogP contribution in [0.2, 0.25) is 0 Å². The molecule has 3 heteroatoms. The molecule has 0 bridgehead atoms. The minimum Gasteiger partial charge on any atom is -0.310 e. The lowest BCUT2D eigenvalue weighted by molar-refractivity contribution is 0.661. The van der Waals surface area contributed by atoms with Crippen molar-refractivity contribution in [3.63, 3.8) is 0 Å². The van der Waals surface area contributed by atoms with E-state index in [1.165, 1.54) is 43.8 Å². The molecule has 64 heavy (non-hydrogen) atoms. The molecule has 0 amide bonds. The predicted octanol–water partition coefficient (Wildman–Crippen LogP) is 16.9. The Balaban J connectivity index is 1.06. The lowest BCUT2D eigenvalue weighted by Gasteiger charge is -2.28. The van der Waals surface area contributed by atoms with Crippen molar-refractivity contribution in [2.45, 2.75) is 19.3 Å². The van der Waals surface area contributed by atoms with Crippen LogP contribution in [-0.4, -0.2) is 4.40 Å². The fraction of sp³-hybridized carbons (Fsp3) is 0.0492. The lowest BCUT2D eigenvalue weighted by atomic mass is 9.82. The van der Waals surface area contributed by atoms with Crippen LogP contribution < -0.4 is 9.80 Å². The Kier molecular flexibility index (Phi) is 7.09. The molecule has 1 aliphatic carbocycles. The molecule has 10 aromatic carbocycles. The number of hydrogen-bond acceptors (Lipinski definition) is 2. The highest BCUT2D eigenvalue weighted by Gasteiger charge is 2.37. The Labute approximate surface area is 378 Å². The molecule has 12 aromatic rings. The maximum atomic E-state index is 8.34. The summed E-state index contributed by atoms with van der Waals surface area (Å²) < 4.78 is 35.6. The number of benzene rings is 10. The summed E-state index contributed by atoms with van der Waals surface area (Å²) in [5.41, 5.74) is 16.3. The second-order valence-corrected chi connectivity index (χ2v) is 17.4. The molecule has 0 unspecified atom stereocenters. The molecule has 0 radical (unpaired) electrons. The van der Waals surface area contributed by atoms with E-state index >= 15 is 0 Å². The average molecular weight is 822 g/mol. The Morgan fingerprint density at radius 1 is 0.422 bits per heavy atom. The molecule has 13 rings (SSSR count). The monoisotopic (exact) mass is 821 g/mol. The van der Waals surface area contributed by atoms with E-state index in [0.29, 0.717) is 24.2 Å². The number of nitrogens with zero attached hydrogens (tertiary/aromatic N) is 3. The zero-order valence-electron chi connectivity index (χ0n) is 39.4. The Morgan fingerprint density at radius 2 is 1.05 bits per heavy atom. The molecule has 0 aliphatic heterocycles. The van der Waals surface area contributed by atoms with Gasteiger partial charge in [0.05, 0.1) is 27.7 Å². The van der Waals surface area contributed by atoms with E-state index in [1.54, 1.807) is 0 Å². The number of anilines is 6.